The molecular formula is C12H14N2O2S. The summed E-state index contributed by atoms with van der Waals surface area (Å²) in [6.07, 6.45) is 1.68. The topological polar surface area (TPSA) is 61.2 Å². The number of rotatable bonds is 2. The Balaban J connectivity index is 2.12. The molecule has 17 heavy (non-hydrogen) atoms. The van der Waals surface area contributed by atoms with Crippen molar-refractivity contribution in [2.45, 2.75) is 19.4 Å². The molecule has 0 saturated carbocycles. The number of nitriles is 1. The van der Waals surface area contributed by atoms with Gasteiger partial charge in [0.2, 0.25) is 10.0 Å². The first-order valence-corrected chi connectivity index (χ1v) is 7.19. The second-order valence-electron chi connectivity index (χ2n) is 4.17. The lowest BCUT2D eigenvalue weighted by molar-refractivity contribution is 0.378. The molecule has 0 aliphatic carbocycles. The Morgan fingerprint density at radius 3 is 2.53 bits per heavy atom. The van der Waals surface area contributed by atoms with Gasteiger partial charge in [0.25, 0.3) is 0 Å². The maximum atomic E-state index is 11.8. The van der Waals surface area contributed by atoms with Gasteiger partial charge in [-0.25, -0.2) is 8.42 Å². The maximum absolute atomic E-state index is 11.8. The molecule has 0 radical (unpaired) electrons. The van der Waals surface area contributed by atoms with E-state index in [-0.39, 0.29) is 5.75 Å². The van der Waals surface area contributed by atoms with Gasteiger partial charge in [-0.15, -0.1) is 0 Å². The van der Waals surface area contributed by atoms with E-state index < -0.39 is 10.0 Å². The highest BCUT2D eigenvalue weighted by Gasteiger charge is 2.25. The fourth-order valence-electron chi connectivity index (χ4n) is 1.91. The van der Waals surface area contributed by atoms with Crippen molar-refractivity contribution in [2.24, 2.45) is 0 Å². The lowest BCUT2D eigenvalue weighted by Gasteiger charge is -2.26. The van der Waals surface area contributed by atoms with Gasteiger partial charge in [-0.3, -0.25) is 0 Å². The Bertz CT molecular complexity index is 529. The van der Waals surface area contributed by atoms with Gasteiger partial charge in [0, 0.05) is 13.1 Å². The van der Waals surface area contributed by atoms with Crippen LogP contribution in [-0.2, 0) is 16.6 Å². The van der Waals surface area contributed by atoms with Crippen molar-refractivity contribution >= 4 is 10.0 Å². The molecule has 1 aliphatic heterocycles. The van der Waals surface area contributed by atoms with E-state index in [1.807, 2.05) is 18.2 Å². The van der Waals surface area contributed by atoms with Gasteiger partial charge >= 0.3 is 0 Å². The first kappa shape index (κ1) is 12.1. The predicted molar refractivity (Wildman–Crippen MR) is 64.6 cm³/mol. The molecule has 0 atom stereocenters. The van der Waals surface area contributed by atoms with E-state index in [2.05, 4.69) is 0 Å². The molecule has 0 spiro atoms. The van der Waals surface area contributed by atoms with Crippen molar-refractivity contribution in [3.8, 4) is 6.07 Å². The maximum Gasteiger partial charge on any atom is 0.214 e. The van der Waals surface area contributed by atoms with Gasteiger partial charge in [-0.2, -0.15) is 9.57 Å². The second kappa shape index (κ2) is 4.86. The standard InChI is InChI=1S/C12H14N2O2S/c13-9-11-3-5-12(6-4-11)10-14-7-1-2-8-17(14,15)16/h3-6H,1-2,7-8,10H2. The minimum Gasteiger partial charge on any atom is -0.212 e. The lowest BCUT2D eigenvalue weighted by Crippen LogP contribution is -2.37. The SMILES string of the molecule is N#Cc1ccc(CN2CCCCS2(=O)=O)cc1. The summed E-state index contributed by atoms with van der Waals surface area (Å²) in [4.78, 5) is 0. The number of hydrogen-bond acceptors (Lipinski definition) is 3. The average Bonchev–Trinajstić information content (AvgIpc) is 2.33. The largest absolute Gasteiger partial charge is 0.214 e. The first-order valence-electron chi connectivity index (χ1n) is 5.59. The molecule has 1 aromatic rings. The smallest absolute Gasteiger partial charge is 0.212 e. The molecule has 5 heteroatoms. The van der Waals surface area contributed by atoms with E-state index in [1.54, 1.807) is 12.1 Å². The van der Waals surface area contributed by atoms with E-state index in [0.29, 0.717) is 18.7 Å². The van der Waals surface area contributed by atoms with Crippen LogP contribution in [0.15, 0.2) is 24.3 Å². The molecule has 1 aliphatic rings. The number of hydrogen-bond donors (Lipinski definition) is 0. The van der Waals surface area contributed by atoms with E-state index in [0.717, 1.165) is 18.4 Å². The zero-order valence-electron chi connectivity index (χ0n) is 9.46. The Kier molecular flexibility index (Phi) is 3.46. The van der Waals surface area contributed by atoms with E-state index in [4.69, 9.17) is 5.26 Å². The molecule has 1 aromatic carbocycles. The summed E-state index contributed by atoms with van der Waals surface area (Å²) >= 11 is 0. The molecule has 0 amide bonds. The Morgan fingerprint density at radius 1 is 1.24 bits per heavy atom. The van der Waals surface area contributed by atoms with Crippen molar-refractivity contribution in [1.82, 2.24) is 4.31 Å². The van der Waals surface area contributed by atoms with Crippen molar-refractivity contribution in [2.75, 3.05) is 12.3 Å². The molecule has 0 N–H and O–H groups in total. The van der Waals surface area contributed by atoms with Gasteiger partial charge < -0.3 is 0 Å². The van der Waals surface area contributed by atoms with Crippen LogP contribution in [0.3, 0.4) is 0 Å². The van der Waals surface area contributed by atoms with Crippen molar-refractivity contribution in [3.05, 3.63) is 35.4 Å². The summed E-state index contributed by atoms with van der Waals surface area (Å²) in [6.45, 7) is 1.01. The molecule has 4 nitrogen and oxygen atoms in total. The zero-order chi connectivity index (χ0) is 12.3. The minimum absolute atomic E-state index is 0.253. The summed E-state index contributed by atoms with van der Waals surface area (Å²) in [6, 6.07) is 9.09. The van der Waals surface area contributed by atoms with Crippen LogP contribution >= 0.6 is 0 Å². The van der Waals surface area contributed by atoms with Gasteiger partial charge in [-0.1, -0.05) is 12.1 Å². The van der Waals surface area contributed by atoms with Gasteiger partial charge in [0.05, 0.1) is 17.4 Å². The van der Waals surface area contributed by atoms with Crippen molar-refractivity contribution < 1.29 is 8.42 Å². The van der Waals surface area contributed by atoms with Crippen molar-refractivity contribution in [3.63, 3.8) is 0 Å². The Morgan fingerprint density at radius 2 is 1.94 bits per heavy atom. The van der Waals surface area contributed by atoms with Crippen LogP contribution in [0.25, 0.3) is 0 Å². The molecule has 0 unspecified atom stereocenters. The summed E-state index contributed by atoms with van der Waals surface area (Å²) in [5.41, 5.74) is 1.52. The molecular weight excluding hydrogens is 236 g/mol. The van der Waals surface area contributed by atoms with Crippen LogP contribution in [0.4, 0.5) is 0 Å². The van der Waals surface area contributed by atoms with E-state index in [1.165, 1.54) is 4.31 Å². The zero-order valence-corrected chi connectivity index (χ0v) is 10.3. The van der Waals surface area contributed by atoms with E-state index in [9.17, 15) is 8.42 Å². The van der Waals surface area contributed by atoms with Crippen molar-refractivity contribution in [1.29, 1.82) is 5.26 Å². The van der Waals surface area contributed by atoms with Crippen LogP contribution in [0.2, 0.25) is 0 Å². The van der Waals surface area contributed by atoms with Crippen LogP contribution in [-0.4, -0.2) is 25.0 Å². The van der Waals surface area contributed by atoms with Gasteiger partial charge in [0.15, 0.2) is 0 Å². The molecule has 1 saturated heterocycles. The fraction of sp³-hybridized carbons (Fsp3) is 0.417. The highest BCUT2D eigenvalue weighted by Crippen LogP contribution is 2.17. The van der Waals surface area contributed by atoms with Gasteiger partial charge in [-0.05, 0) is 30.5 Å². The monoisotopic (exact) mass is 250 g/mol. The molecule has 90 valence electrons. The predicted octanol–water partition coefficient (Wildman–Crippen LogP) is 1.48. The molecule has 1 fully saturated rings. The van der Waals surface area contributed by atoms with E-state index >= 15 is 0 Å². The third-order valence-electron chi connectivity index (χ3n) is 2.90. The molecule has 0 bridgehead atoms. The highest BCUT2D eigenvalue weighted by atomic mass is 32.2. The fourth-order valence-corrected chi connectivity index (χ4v) is 3.49. The quantitative estimate of drug-likeness (QED) is 0.798. The summed E-state index contributed by atoms with van der Waals surface area (Å²) in [7, 11) is -3.07. The molecule has 1 heterocycles. The Hall–Kier alpha value is -1.38. The minimum atomic E-state index is -3.07. The van der Waals surface area contributed by atoms with Crippen LogP contribution in [0, 0.1) is 11.3 Å². The third kappa shape index (κ3) is 2.84. The summed E-state index contributed by atoms with van der Waals surface area (Å²) < 4.78 is 25.1. The van der Waals surface area contributed by atoms with Crippen LogP contribution in [0.1, 0.15) is 24.0 Å². The van der Waals surface area contributed by atoms with Crippen LogP contribution < -0.4 is 0 Å². The summed E-state index contributed by atoms with van der Waals surface area (Å²) in [5, 5.41) is 8.68. The number of benzene rings is 1. The van der Waals surface area contributed by atoms with Crippen LogP contribution in [0.5, 0.6) is 0 Å². The second-order valence-corrected chi connectivity index (χ2v) is 6.25. The third-order valence-corrected chi connectivity index (χ3v) is 4.80. The van der Waals surface area contributed by atoms with Gasteiger partial charge in [0.1, 0.15) is 0 Å². The average molecular weight is 250 g/mol. The number of sulfonamides is 1. The first-order chi connectivity index (χ1) is 8.12. The summed E-state index contributed by atoms with van der Waals surface area (Å²) in [5.74, 6) is 0.253. The molecule has 2 rings (SSSR count). The lowest BCUT2D eigenvalue weighted by atomic mass is 10.1. The normalized spacial score (nSPS) is 19.7. The molecule has 0 aromatic heterocycles. The Labute approximate surface area is 102 Å². The number of nitrogens with zero attached hydrogens (tertiary/aromatic N) is 2. The highest BCUT2D eigenvalue weighted by molar-refractivity contribution is 7.89.